The first-order valence-corrected chi connectivity index (χ1v) is 3.35. The number of carbonyl (C=O) groups excluding carboxylic acids is 2. The lowest BCUT2D eigenvalue weighted by molar-refractivity contribution is -0.164. The van der Waals surface area contributed by atoms with Gasteiger partial charge in [0.1, 0.15) is 0 Å². The van der Waals surface area contributed by atoms with Crippen LogP contribution in [-0.2, 0) is 9.59 Å². The minimum atomic E-state index is -0.539. The van der Waals surface area contributed by atoms with Crippen LogP contribution in [-0.4, -0.2) is 28.6 Å². The Hall–Kier alpha value is -1.10. The van der Waals surface area contributed by atoms with Gasteiger partial charge in [0.25, 0.3) is 0 Å². The van der Waals surface area contributed by atoms with E-state index >= 15 is 0 Å². The summed E-state index contributed by atoms with van der Waals surface area (Å²) in [6.45, 7) is 1.85. The molecule has 5 nitrogen and oxygen atoms in total. The van der Waals surface area contributed by atoms with Crippen LogP contribution in [0.15, 0.2) is 0 Å². The molecule has 0 aromatic rings. The molecule has 2 amide bonds. The number of hydrogen-bond acceptors (Lipinski definition) is 3. The fourth-order valence-corrected chi connectivity index (χ4v) is 0.536. The van der Waals surface area contributed by atoms with Crippen molar-refractivity contribution in [2.75, 3.05) is 6.54 Å². The monoisotopic (exact) mass is 160 g/mol. The predicted molar refractivity (Wildman–Crippen MR) is 37.6 cm³/mol. The van der Waals surface area contributed by atoms with E-state index in [0.717, 1.165) is 0 Å². The zero-order valence-electron chi connectivity index (χ0n) is 6.41. The zero-order valence-corrected chi connectivity index (χ0v) is 6.41. The van der Waals surface area contributed by atoms with Crippen molar-refractivity contribution in [3.8, 4) is 0 Å². The molecular weight excluding hydrogens is 148 g/mol. The van der Waals surface area contributed by atoms with Crippen molar-refractivity contribution in [3.63, 3.8) is 0 Å². The summed E-state index contributed by atoms with van der Waals surface area (Å²) >= 11 is 0. The van der Waals surface area contributed by atoms with E-state index in [1.807, 2.05) is 0 Å². The quantitative estimate of drug-likeness (QED) is 0.429. The topological polar surface area (TPSA) is 83.6 Å². The van der Waals surface area contributed by atoms with E-state index < -0.39 is 11.8 Å². The Morgan fingerprint density at radius 2 is 2.00 bits per heavy atom. The predicted octanol–water partition coefficient (Wildman–Crippen LogP) is -0.510. The molecule has 0 bridgehead atoms. The van der Waals surface area contributed by atoms with Crippen molar-refractivity contribution >= 4 is 11.8 Å². The molecule has 0 radical (unpaired) electrons. The first kappa shape index (κ1) is 9.90. The number of amides is 2. The smallest absolute Gasteiger partial charge is 0.246 e. The normalized spacial score (nSPS) is 9.27. The number of rotatable bonds is 4. The van der Waals surface area contributed by atoms with Crippen molar-refractivity contribution in [2.45, 2.75) is 19.8 Å². The van der Waals surface area contributed by atoms with E-state index in [1.54, 1.807) is 6.92 Å². The van der Waals surface area contributed by atoms with Crippen molar-refractivity contribution in [1.29, 1.82) is 0 Å². The van der Waals surface area contributed by atoms with E-state index in [2.05, 4.69) is 0 Å². The van der Waals surface area contributed by atoms with E-state index in [0.29, 0.717) is 5.06 Å². The molecule has 0 aliphatic heterocycles. The highest BCUT2D eigenvalue weighted by Gasteiger charge is 2.08. The highest BCUT2D eigenvalue weighted by Crippen LogP contribution is 1.93. The second-order valence-electron chi connectivity index (χ2n) is 2.08. The summed E-state index contributed by atoms with van der Waals surface area (Å²) < 4.78 is 0. The third kappa shape index (κ3) is 4.32. The van der Waals surface area contributed by atoms with Gasteiger partial charge in [-0.3, -0.25) is 14.8 Å². The molecule has 3 N–H and O–H groups in total. The number of nitrogens with two attached hydrogens (primary N) is 1. The Balaban J connectivity index is 3.60. The first-order chi connectivity index (χ1) is 5.07. The van der Waals surface area contributed by atoms with Crippen LogP contribution in [0.2, 0.25) is 0 Å². The van der Waals surface area contributed by atoms with E-state index in [9.17, 15) is 9.59 Å². The van der Waals surface area contributed by atoms with E-state index in [4.69, 9.17) is 10.9 Å². The fourth-order valence-electron chi connectivity index (χ4n) is 0.536. The minimum absolute atomic E-state index is 0.0180. The maximum atomic E-state index is 10.7. The Bertz CT molecular complexity index is 158. The van der Waals surface area contributed by atoms with Gasteiger partial charge in [0.15, 0.2) is 0 Å². The number of hydroxylamine groups is 2. The summed E-state index contributed by atoms with van der Waals surface area (Å²) in [5, 5.41) is 9.33. The van der Waals surface area contributed by atoms with Crippen LogP contribution in [0, 0.1) is 0 Å². The molecule has 11 heavy (non-hydrogen) atoms. The van der Waals surface area contributed by atoms with Crippen molar-refractivity contribution < 1.29 is 14.8 Å². The molecule has 0 unspecified atom stereocenters. The van der Waals surface area contributed by atoms with Gasteiger partial charge in [-0.15, -0.1) is 0 Å². The van der Waals surface area contributed by atoms with Crippen LogP contribution in [0.4, 0.5) is 0 Å². The van der Waals surface area contributed by atoms with Gasteiger partial charge in [-0.2, -0.15) is 0 Å². The van der Waals surface area contributed by atoms with E-state index in [-0.39, 0.29) is 19.4 Å². The number of primary amides is 1. The minimum Gasteiger partial charge on any atom is -0.370 e. The van der Waals surface area contributed by atoms with Crippen molar-refractivity contribution in [1.82, 2.24) is 5.06 Å². The SMILES string of the molecule is CCN(O)C(=O)CCC(N)=O. The zero-order chi connectivity index (χ0) is 8.85. The molecule has 0 saturated carbocycles. The van der Waals surface area contributed by atoms with Gasteiger partial charge in [-0.1, -0.05) is 0 Å². The average Bonchev–Trinajstić information content (AvgIpc) is 1.98. The van der Waals surface area contributed by atoms with Gasteiger partial charge in [-0.05, 0) is 6.92 Å². The van der Waals surface area contributed by atoms with Crippen LogP contribution >= 0.6 is 0 Å². The summed E-state index contributed by atoms with van der Waals surface area (Å²) in [5.74, 6) is -1.02. The van der Waals surface area contributed by atoms with Crippen LogP contribution in [0.3, 0.4) is 0 Å². The number of nitrogens with zero attached hydrogens (tertiary/aromatic N) is 1. The number of hydrogen-bond donors (Lipinski definition) is 2. The molecule has 0 aliphatic rings. The van der Waals surface area contributed by atoms with Crippen LogP contribution in [0.5, 0.6) is 0 Å². The third-order valence-electron chi connectivity index (χ3n) is 1.17. The molecule has 0 fully saturated rings. The van der Waals surface area contributed by atoms with Crippen LogP contribution < -0.4 is 5.73 Å². The Kier molecular flexibility index (Phi) is 4.21. The first-order valence-electron chi connectivity index (χ1n) is 3.35. The van der Waals surface area contributed by atoms with Gasteiger partial charge in [0.05, 0.1) is 0 Å². The molecule has 5 heteroatoms. The maximum absolute atomic E-state index is 10.7. The summed E-state index contributed by atoms with van der Waals surface area (Å²) in [6.07, 6.45) is -0.0461. The Morgan fingerprint density at radius 1 is 1.45 bits per heavy atom. The van der Waals surface area contributed by atoms with E-state index in [1.165, 1.54) is 0 Å². The molecular formula is C6H12N2O3. The highest BCUT2D eigenvalue weighted by molar-refractivity contribution is 5.82. The summed E-state index contributed by atoms with van der Waals surface area (Å²) in [7, 11) is 0. The van der Waals surface area contributed by atoms with Crippen LogP contribution in [0.25, 0.3) is 0 Å². The van der Waals surface area contributed by atoms with Gasteiger partial charge in [0, 0.05) is 19.4 Å². The van der Waals surface area contributed by atoms with Crippen LogP contribution in [0.1, 0.15) is 19.8 Å². The summed E-state index contributed by atoms with van der Waals surface area (Å²) in [4.78, 5) is 20.9. The average molecular weight is 160 g/mol. The largest absolute Gasteiger partial charge is 0.370 e. The van der Waals surface area contributed by atoms with Gasteiger partial charge >= 0.3 is 0 Å². The summed E-state index contributed by atoms with van der Waals surface area (Å²) in [5.41, 5.74) is 4.79. The lowest BCUT2D eigenvalue weighted by atomic mass is 10.3. The Labute approximate surface area is 64.7 Å². The Morgan fingerprint density at radius 3 is 2.36 bits per heavy atom. The lowest BCUT2D eigenvalue weighted by Crippen LogP contribution is -2.28. The lowest BCUT2D eigenvalue weighted by Gasteiger charge is -2.10. The standard InChI is InChI=1S/C6H12N2O3/c1-2-8(11)6(10)4-3-5(7)9/h11H,2-4H2,1H3,(H2,7,9). The molecule has 64 valence electrons. The maximum Gasteiger partial charge on any atom is 0.246 e. The van der Waals surface area contributed by atoms with Crippen molar-refractivity contribution in [2.24, 2.45) is 5.73 Å². The van der Waals surface area contributed by atoms with Gasteiger partial charge in [-0.25, -0.2) is 5.06 Å². The molecule has 0 rings (SSSR count). The molecule has 0 aromatic heterocycles. The summed E-state index contributed by atoms with van der Waals surface area (Å²) in [6, 6.07) is 0. The molecule has 0 heterocycles. The molecule has 0 spiro atoms. The molecule has 0 saturated heterocycles. The highest BCUT2D eigenvalue weighted by atomic mass is 16.5. The molecule has 0 aliphatic carbocycles. The second kappa shape index (κ2) is 4.68. The third-order valence-corrected chi connectivity index (χ3v) is 1.17. The molecule has 0 aromatic carbocycles. The second-order valence-corrected chi connectivity index (χ2v) is 2.08. The fraction of sp³-hybridized carbons (Fsp3) is 0.667. The molecule has 0 atom stereocenters. The van der Waals surface area contributed by atoms with Gasteiger partial charge in [0.2, 0.25) is 11.8 Å². The van der Waals surface area contributed by atoms with Gasteiger partial charge < -0.3 is 5.73 Å². The van der Waals surface area contributed by atoms with Crippen molar-refractivity contribution in [3.05, 3.63) is 0 Å². The number of carbonyl (C=O) groups is 2.